The number of fused-ring (bicyclic) bond motifs is 1. The van der Waals surface area contributed by atoms with Crippen LogP contribution in [0.3, 0.4) is 0 Å². The summed E-state index contributed by atoms with van der Waals surface area (Å²) in [7, 11) is 3.61. The summed E-state index contributed by atoms with van der Waals surface area (Å²) in [6.07, 6.45) is 6.68. The van der Waals surface area contributed by atoms with Crippen molar-refractivity contribution in [2.45, 2.75) is 38.6 Å². The summed E-state index contributed by atoms with van der Waals surface area (Å²) in [4.78, 5) is 35.6. The minimum Gasteiger partial charge on any atom is -0.496 e. The van der Waals surface area contributed by atoms with E-state index in [1.54, 1.807) is 13.3 Å². The van der Waals surface area contributed by atoms with Gasteiger partial charge in [-0.25, -0.2) is 4.98 Å². The highest BCUT2D eigenvalue weighted by atomic mass is 16.5. The molecule has 1 aromatic carbocycles. The van der Waals surface area contributed by atoms with E-state index in [9.17, 15) is 4.79 Å². The molecule has 4 rings (SSSR count). The number of carbonyl (C=O) groups excluding carboxylic acids is 1. The zero-order chi connectivity index (χ0) is 26.9. The van der Waals surface area contributed by atoms with Crippen LogP contribution in [0.15, 0.2) is 48.8 Å². The molecule has 0 spiro atoms. The largest absolute Gasteiger partial charge is 0.496 e. The maximum atomic E-state index is 12.4. The van der Waals surface area contributed by atoms with Gasteiger partial charge in [-0.3, -0.25) is 4.79 Å². The highest BCUT2D eigenvalue weighted by molar-refractivity contribution is 5.85. The number of anilines is 3. The lowest BCUT2D eigenvalue weighted by Crippen LogP contribution is -2.38. The molecule has 11 heteroatoms. The Bertz CT molecular complexity index is 1360. The smallest absolute Gasteiger partial charge is 0.240 e. The van der Waals surface area contributed by atoms with Crippen LogP contribution in [-0.4, -0.2) is 64.1 Å². The summed E-state index contributed by atoms with van der Waals surface area (Å²) in [5, 5.41) is 7.38. The second kappa shape index (κ2) is 12.7. The molecular formula is C27H35N9O2. The van der Waals surface area contributed by atoms with E-state index in [4.69, 9.17) is 10.5 Å². The number of hydrogen-bond acceptors (Lipinski definition) is 9. The number of nitrogens with one attached hydrogen (secondary N) is 3. The zero-order valence-corrected chi connectivity index (χ0v) is 22.1. The van der Waals surface area contributed by atoms with Crippen LogP contribution in [0.1, 0.15) is 30.9 Å². The SMILES string of the molecule is CCCCN(C)c1nc(NCCc2ccccc2OC)nc(NC(Cc2c[nH]c3ncccc23)C(N)=O)n1. The number of aromatic amines is 1. The molecule has 0 aliphatic heterocycles. The molecule has 4 aromatic rings. The fourth-order valence-corrected chi connectivity index (χ4v) is 4.17. The molecular weight excluding hydrogens is 482 g/mol. The Balaban J connectivity index is 1.54. The van der Waals surface area contributed by atoms with Crippen LogP contribution in [0.2, 0.25) is 0 Å². The van der Waals surface area contributed by atoms with Gasteiger partial charge < -0.3 is 31.0 Å². The standard InChI is InChI=1S/C27H35N9O2/c1-4-5-15-36(2)27-34-25(30-14-12-18-9-6-7-11-22(18)38-3)33-26(35-27)32-21(23(28)37)16-19-17-31-24-20(19)10-8-13-29-24/h6-11,13,17,21H,4-5,12,14-16H2,1-3H3,(H2,28,37)(H,29,31)(H2,30,32,33,34,35). The number of H-pyrrole nitrogens is 1. The van der Waals surface area contributed by atoms with Gasteiger partial charge in [-0.2, -0.15) is 15.0 Å². The highest BCUT2D eigenvalue weighted by Crippen LogP contribution is 2.21. The third-order valence-corrected chi connectivity index (χ3v) is 6.29. The molecule has 0 fully saturated rings. The van der Waals surface area contributed by atoms with Gasteiger partial charge in [0.2, 0.25) is 23.8 Å². The topological polar surface area (TPSA) is 147 Å². The second-order valence-corrected chi connectivity index (χ2v) is 9.06. The van der Waals surface area contributed by atoms with Gasteiger partial charge in [0.1, 0.15) is 17.4 Å². The second-order valence-electron chi connectivity index (χ2n) is 9.06. The first kappa shape index (κ1) is 26.6. The average Bonchev–Trinajstić information content (AvgIpc) is 3.34. The molecule has 3 heterocycles. The first-order valence-corrected chi connectivity index (χ1v) is 12.8. The normalized spacial score (nSPS) is 11.8. The monoisotopic (exact) mass is 517 g/mol. The average molecular weight is 518 g/mol. The van der Waals surface area contributed by atoms with Crippen molar-refractivity contribution >= 4 is 34.8 Å². The van der Waals surface area contributed by atoms with Crippen molar-refractivity contribution in [3.63, 3.8) is 0 Å². The number of primary amides is 1. The summed E-state index contributed by atoms with van der Waals surface area (Å²) < 4.78 is 5.46. The molecule has 38 heavy (non-hydrogen) atoms. The van der Waals surface area contributed by atoms with Gasteiger partial charge in [0, 0.05) is 44.3 Å². The van der Waals surface area contributed by atoms with Crippen molar-refractivity contribution in [3.8, 4) is 5.75 Å². The predicted molar refractivity (Wildman–Crippen MR) is 150 cm³/mol. The number of methoxy groups -OCH3 is 1. The number of para-hydroxylation sites is 1. The molecule has 3 aromatic heterocycles. The van der Waals surface area contributed by atoms with Crippen LogP contribution < -0.4 is 26.0 Å². The molecule has 0 radical (unpaired) electrons. The van der Waals surface area contributed by atoms with E-state index >= 15 is 0 Å². The molecule has 0 saturated carbocycles. The number of rotatable bonds is 14. The van der Waals surface area contributed by atoms with Gasteiger partial charge in [0.05, 0.1) is 7.11 Å². The Labute approximate surface area is 222 Å². The fraction of sp³-hybridized carbons (Fsp3) is 0.370. The molecule has 0 aliphatic carbocycles. The maximum absolute atomic E-state index is 12.4. The van der Waals surface area contributed by atoms with Gasteiger partial charge in [-0.1, -0.05) is 31.5 Å². The predicted octanol–water partition coefficient (Wildman–Crippen LogP) is 3.16. The Kier molecular flexibility index (Phi) is 8.91. The number of carbonyl (C=O) groups is 1. The number of nitrogens with zero attached hydrogens (tertiary/aromatic N) is 5. The van der Waals surface area contributed by atoms with E-state index in [-0.39, 0.29) is 5.95 Å². The van der Waals surface area contributed by atoms with E-state index in [0.29, 0.717) is 24.9 Å². The molecule has 0 bridgehead atoms. The van der Waals surface area contributed by atoms with Crippen molar-refractivity contribution in [1.29, 1.82) is 0 Å². The first-order chi connectivity index (χ1) is 18.5. The van der Waals surface area contributed by atoms with Gasteiger partial charge in [0.15, 0.2) is 0 Å². The minimum atomic E-state index is -0.730. The molecule has 200 valence electrons. The number of amides is 1. The van der Waals surface area contributed by atoms with Gasteiger partial charge in [-0.15, -0.1) is 0 Å². The summed E-state index contributed by atoms with van der Waals surface area (Å²) in [6.45, 7) is 3.52. The van der Waals surface area contributed by atoms with Crippen molar-refractivity contribution < 1.29 is 9.53 Å². The minimum absolute atomic E-state index is 0.278. The number of unbranched alkanes of at least 4 members (excludes halogenated alkanes) is 1. The third-order valence-electron chi connectivity index (χ3n) is 6.29. The summed E-state index contributed by atoms with van der Waals surface area (Å²) in [6, 6.07) is 11.0. The van der Waals surface area contributed by atoms with Gasteiger partial charge in [0.25, 0.3) is 0 Å². The van der Waals surface area contributed by atoms with E-state index < -0.39 is 11.9 Å². The van der Waals surface area contributed by atoms with E-state index in [0.717, 1.165) is 53.7 Å². The Morgan fingerprint density at radius 1 is 1.13 bits per heavy atom. The molecule has 0 aliphatic rings. The number of ether oxygens (including phenoxy) is 1. The molecule has 11 nitrogen and oxygen atoms in total. The Morgan fingerprint density at radius 2 is 1.95 bits per heavy atom. The summed E-state index contributed by atoms with van der Waals surface area (Å²) >= 11 is 0. The number of pyridine rings is 1. The lowest BCUT2D eigenvalue weighted by atomic mass is 10.1. The van der Waals surface area contributed by atoms with Gasteiger partial charge >= 0.3 is 0 Å². The van der Waals surface area contributed by atoms with Crippen LogP contribution in [0.5, 0.6) is 5.75 Å². The summed E-state index contributed by atoms with van der Waals surface area (Å²) in [5.74, 6) is 1.53. The molecule has 1 amide bonds. The van der Waals surface area contributed by atoms with Gasteiger partial charge in [-0.05, 0) is 42.2 Å². The van der Waals surface area contributed by atoms with E-state index in [1.165, 1.54) is 0 Å². The summed E-state index contributed by atoms with van der Waals surface area (Å²) in [5.41, 5.74) is 8.54. The quantitative estimate of drug-likeness (QED) is 0.198. The van der Waals surface area contributed by atoms with Crippen molar-refractivity contribution in [3.05, 3.63) is 59.9 Å². The third kappa shape index (κ3) is 6.67. The Morgan fingerprint density at radius 3 is 2.74 bits per heavy atom. The molecule has 5 N–H and O–H groups in total. The van der Waals surface area contributed by atoms with E-state index in [2.05, 4.69) is 42.5 Å². The highest BCUT2D eigenvalue weighted by Gasteiger charge is 2.21. The van der Waals surface area contributed by atoms with Crippen LogP contribution in [0.4, 0.5) is 17.8 Å². The number of benzene rings is 1. The number of nitrogens with two attached hydrogens (primary N) is 1. The molecule has 1 unspecified atom stereocenters. The van der Waals surface area contributed by atoms with Crippen molar-refractivity contribution in [1.82, 2.24) is 24.9 Å². The van der Waals surface area contributed by atoms with Crippen molar-refractivity contribution in [2.75, 3.05) is 42.8 Å². The zero-order valence-electron chi connectivity index (χ0n) is 22.1. The number of hydrogen-bond donors (Lipinski definition) is 4. The molecule has 0 saturated heterocycles. The Hall–Kier alpha value is -4.41. The van der Waals surface area contributed by atoms with Crippen LogP contribution >= 0.6 is 0 Å². The lowest BCUT2D eigenvalue weighted by Gasteiger charge is -2.20. The maximum Gasteiger partial charge on any atom is 0.240 e. The lowest BCUT2D eigenvalue weighted by molar-refractivity contribution is -0.118. The first-order valence-electron chi connectivity index (χ1n) is 12.8. The van der Waals surface area contributed by atoms with E-state index in [1.807, 2.05) is 54.5 Å². The molecule has 1 atom stereocenters. The van der Waals surface area contributed by atoms with Crippen LogP contribution in [0, 0.1) is 0 Å². The van der Waals surface area contributed by atoms with Crippen LogP contribution in [0.25, 0.3) is 11.0 Å². The van der Waals surface area contributed by atoms with Crippen LogP contribution in [-0.2, 0) is 17.6 Å². The fourth-order valence-electron chi connectivity index (χ4n) is 4.17. The number of aromatic nitrogens is 5. The van der Waals surface area contributed by atoms with Crippen molar-refractivity contribution in [2.24, 2.45) is 5.73 Å².